The van der Waals surface area contributed by atoms with Gasteiger partial charge in [-0.05, 0) is 39.2 Å². The monoisotopic (exact) mass is 232 g/mol. The van der Waals surface area contributed by atoms with Gasteiger partial charge in [0.25, 0.3) is 0 Å². The molecule has 5 heteroatoms. The molecule has 0 bridgehead atoms. The number of carbonyl (C=O) groups is 1. The Hall–Kier alpha value is -0.710. The molecule has 0 heterocycles. The number of carbonyl (C=O) groups excluding carboxylic acids is 1. The zero-order chi connectivity index (χ0) is 11.8. The molecule has 0 aromatic rings. The number of hydrogen-bond donors (Lipinski definition) is 0. The van der Waals surface area contributed by atoms with Gasteiger partial charge in [-0.2, -0.15) is 11.8 Å². The summed E-state index contributed by atoms with van der Waals surface area (Å²) in [6, 6.07) is 0.124. The molecule has 0 aromatic heterocycles. The van der Waals surface area contributed by atoms with Crippen LogP contribution in [0.15, 0.2) is 5.16 Å². The predicted octanol–water partition coefficient (Wildman–Crippen LogP) is 2.59. The highest BCUT2D eigenvalue weighted by Crippen LogP contribution is 2.01. The van der Waals surface area contributed by atoms with Crippen molar-refractivity contribution in [1.82, 2.24) is 4.90 Å². The van der Waals surface area contributed by atoms with Crippen molar-refractivity contribution in [2.45, 2.75) is 33.2 Å². The fraction of sp³-hybridized carbons (Fsp3) is 0.800. The minimum atomic E-state index is -0.409. The van der Waals surface area contributed by atoms with Gasteiger partial charge in [-0.1, -0.05) is 5.16 Å². The Morgan fingerprint density at radius 1 is 1.53 bits per heavy atom. The van der Waals surface area contributed by atoms with Crippen LogP contribution < -0.4 is 0 Å². The largest absolute Gasteiger partial charge is 0.435 e. The van der Waals surface area contributed by atoms with Crippen molar-refractivity contribution in [3.8, 4) is 0 Å². The van der Waals surface area contributed by atoms with Crippen LogP contribution >= 0.6 is 11.8 Å². The number of hydrogen-bond acceptors (Lipinski definition) is 4. The quantitative estimate of drug-likeness (QED) is 0.415. The standard InChI is InChI=1S/C10H20N2O2S/c1-8(2)12(4)10(13)14-11-9(3)6-7-15-5/h8H,6-7H2,1-5H3/b11-9+. The van der Waals surface area contributed by atoms with E-state index in [0.717, 1.165) is 17.9 Å². The summed E-state index contributed by atoms with van der Waals surface area (Å²) in [6.45, 7) is 5.70. The molecule has 0 aliphatic rings. The van der Waals surface area contributed by atoms with Crippen molar-refractivity contribution in [3.63, 3.8) is 0 Å². The third-order valence-electron chi connectivity index (χ3n) is 2.01. The number of oxime groups is 1. The second kappa shape index (κ2) is 7.56. The molecule has 4 nitrogen and oxygen atoms in total. The number of amides is 1. The Morgan fingerprint density at radius 3 is 2.60 bits per heavy atom. The van der Waals surface area contributed by atoms with Gasteiger partial charge in [-0.25, -0.2) is 4.79 Å². The lowest BCUT2D eigenvalue weighted by molar-refractivity contribution is 0.105. The van der Waals surface area contributed by atoms with Crippen LogP contribution in [-0.4, -0.2) is 41.8 Å². The summed E-state index contributed by atoms with van der Waals surface area (Å²) in [6.07, 6.45) is 2.47. The molecule has 0 aromatic carbocycles. The molecular formula is C10H20N2O2S. The fourth-order valence-corrected chi connectivity index (χ4v) is 1.19. The van der Waals surface area contributed by atoms with Crippen LogP contribution in [0.4, 0.5) is 4.79 Å². The van der Waals surface area contributed by atoms with Crippen molar-refractivity contribution in [2.75, 3.05) is 19.1 Å². The molecule has 0 aliphatic heterocycles. The summed E-state index contributed by atoms with van der Waals surface area (Å²) < 4.78 is 0. The summed E-state index contributed by atoms with van der Waals surface area (Å²) in [4.78, 5) is 17.6. The third-order valence-corrected chi connectivity index (χ3v) is 2.62. The maximum Gasteiger partial charge on any atom is 0.435 e. The first kappa shape index (κ1) is 14.3. The lowest BCUT2D eigenvalue weighted by atomic mass is 10.3. The highest BCUT2D eigenvalue weighted by Gasteiger charge is 2.12. The van der Waals surface area contributed by atoms with E-state index in [9.17, 15) is 4.79 Å². The van der Waals surface area contributed by atoms with E-state index in [2.05, 4.69) is 5.16 Å². The first-order chi connectivity index (χ1) is 6.99. The van der Waals surface area contributed by atoms with Crippen molar-refractivity contribution < 1.29 is 9.63 Å². The van der Waals surface area contributed by atoms with Crippen LogP contribution in [0, 0.1) is 0 Å². The van der Waals surface area contributed by atoms with Crippen LogP contribution in [0.1, 0.15) is 27.2 Å². The topological polar surface area (TPSA) is 41.9 Å². The summed E-state index contributed by atoms with van der Waals surface area (Å²) in [5, 5.41) is 3.78. The van der Waals surface area contributed by atoms with E-state index in [4.69, 9.17) is 4.84 Å². The summed E-state index contributed by atoms with van der Waals surface area (Å²) >= 11 is 1.74. The highest BCUT2D eigenvalue weighted by atomic mass is 32.2. The molecule has 0 radical (unpaired) electrons. The highest BCUT2D eigenvalue weighted by molar-refractivity contribution is 7.98. The van der Waals surface area contributed by atoms with Gasteiger partial charge in [0.05, 0.1) is 5.71 Å². The van der Waals surface area contributed by atoms with Gasteiger partial charge >= 0.3 is 6.09 Å². The third kappa shape index (κ3) is 6.38. The second-order valence-electron chi connectivity index (χ2n) is 3.63. The van der Waals surface area contributed by atoms with Gasteiger partial charge in [-0.3, -0.25) is 4.84 Å². The van der Waals surface area contributed by atoms with Crippen LogP contribution in [0.5, 0.6) is 0 Å². The Labute approximate surface area is 96.0 Å². The van der Waals surface area contributed by atoms with Gasteiger partial charge in [-0.15, -0.1) is 0 Å². The molecule has 88 valence electrons. The smallest absolute Gasteiger partial charge is 0.307 e. The fourth-order valence-electron chi connectivity index (χ4n) is 0.688. The first-order valence-corrected chi connectivity index (χ1v) is 6.34. The molecular weight excluding hydrogens is 212 g/mol. The molecule has 0 spiro atoms. The normalized spacial score (nSPS) is 11.7. The van der Waals surface area contributed by atoms with Gasteiger partial charge < -0.3 is 4.90 Å². The molecule has 0 atom stereocenters. The van der Waals surface area contributed by atoms with Gasteiger partial charge in [0.15, 0.2) is 0 Å². The van der Waals surface area contributed by atoms with Gasteiger partial charge in [0.1, 0.15) is 0 Å². The van der Waals surface area contributed by atoms with Crippen molar-refractivity contribution in [3.05, 3.63) is 0 Å². The molecule has 0 rings (SSSR count). The van der Waals surface area contributed by atoms with Crippen LogP contribution in [0.3, 0.4) is 0 Å². The van der Waals surface area contributed by atoms with E-state index in [1.54, 1.807) is 18.8 Å². The SMILES string of the molecule is CSCC/C(C)=N/OC(=O)N(C)C(C)C. The van der Waals surface area contributed by atoms with Crippen LogP contribution in [0.25, 0.3) is 0 Å². The molecule has 0 saturated heterocycles. The van der Waals surface area contributed by atoms with Crippen molar-refractivity contribution in [1.29, 1.82) is 0 Å². The molecule has 0 saturated carbocycles. The molecule has 1 amide bonds. The van der Waals surface area contributed by atoms with Gasteiger partial charge in [0, 0.05) is 13.1 Å². The molecule has 0 fully saturated rings. The second-order valence-corrected chi connectivity index (χ2v) is 4.62. The summed E-state index contributed by atoms with van der Waals surface area (Å²) in [5.41, 5.74) is 0.842. The van der Waals surface area contributed by atoms with E-state index in [1.807, 2.05) is 27.0 Å². The van der Waals surface area contributed by atoms with E-state index >= 15 is 0 Å². The van der Waals surface area contributed by atoms with Crippen LogP contribution in [-0.2, 0) is 4.84 Å². The zero-order valence-corrected chi connectivity index (χ0v) is 10.9. The minimum Gasteiger partial charge on any atom is -0.307 e. The van der Waals surface area contributed by atoms with E-state index in [1.165, 1.54) is 4.90 Å². The number of nitrogens with zero attached hydrogens (tertiary/aromatic N) is 2. The van der Waals surface area contributed by atoms with Gasteiger partial charge in [0.2, 0.25) is 0 Å². The summed E-state index contributed by atoms with van der Waals surface area (Å²) in [7, 11) is 1.69. The first-order valence-electron chi connectivity index (χ1n) is 4.95. The number of rotatable bonds is 5. The number of thioether (sulfide) groups is 1. The maximum absolute atomic E-state index is 11.4. The minimum absolute atomic E-state index is 0.124. The molecule has 0 aliphatic carbocycles. The average molecular weight is 232 g/mol. The Bertz CT molecular complexity index is 229. The van der Waals surface area contributed by atoms with Crippen molar-refractivity contribution >= 4 is 23.6 Å². The Balaban J connectivity index is 3.97. The van der Waals surface area contributed by atoms with E-state index in [-0.39, 0.29) is 6.04 Å². The molecule has 0 unspecified atom stereocenters. The average Bonchev–Trinajstić information content (AvgIpc) is 2.21. The summed E-state index contributed by atoms with van der Waals surface area (Å²) in [5.74, 6) is 0.993. The van der Waals surface area contributed by atoms with E-state index in [0.29, 0.717) is 0 Å². The lowest BCUT2D eigenvalue weighted by Gasteiger charge is -2.18. The maximum atomic E-state index is 11.4. The Morgan fingerprint density at radius 2 is 2.13 bits per heavy atom. The van der Waals surface area contributed by atoms with Crippen LogP contribution in [0.2, 0.25) is 0 Å². The zero-order valence-electron chi connectivity index (χ0n) is 10.1. The Kier molecular flexibility index (Phi) is 7.21. The molecule has 15 heavy (non-hydrogen) atoms. The van der Waals surface area contributed by atoms with E-state index < -0.39 is 6.09 Å². The molecule has 0 N–H and O–H groups in total. The van der Waals surface area contributed by atoms with Crippen molar-refractivity contribution in [2.24, 2.45) is 5.16 Å². The predicted molar refractivity (Wildman–Crippen MR) is 65.5 cm³/mol. The lowest BCUT2D eigenvalue weighted by Crippen LogP contribution is -2.32.